The third-order valence-corrected chi connectivity index (χ3v) is 10.5. The lowest BCUT2D eigenvalue weighted by molar-refractivity contribution is -0.120. The second-order valence-electron chi connectivity index (χ2n) is 13.2. The second-order valence-corrected chi connectivity index (χ2v) is 14.0. The van der Waals surface area contributed by atoms with E-state index >= 15 is 0 Å². The number of fused-ring (bicyclic) bond motifs is 1. The molecule has 52 heavy (non-hydrogen) atoms. The van der Waals surface area contributed by atoms with Crippen molar-refractivity contribution in [3.63, 3.8) is 0 Å². The molecule has 13 heteroatoms. The van der Waals surface area contributed by atoms with Gasteiger partial charge in [-0.05, 0) is 43.5 Å². The van der Waals surface area contributed by atoms with Crippen LogP contribution in [0.15, 0.2) is 71.7 Å². The summed E-state index contributed by atoms with van der Waals surface area (Å²) in [6.45, 7) is 3.99. The molecule has 2 aromatic carbocycles. The number of hydrogen-bond acceptors (Lipinski definition) is 8. The summed E-state index contributed by atoms with van der Waals surface area (Å²) >= 11 is 14.3. The van der Waals surface area contributed by atoms with Gasteiger partial charge in [0.25, 0.3) is 5.56 Å². The minimum Gasteiger partial charge on any atom is -0.481 e. The van der Waals surface area contributed by atoms with Gasteiger partial charge in [-0.1, -0.05) is 65.7 Å². The first-order valence-electron chi connectivity index (χ1n) is 17.3. The molecule has 3 aromatic heterocycles. The summed E-state index contributed by atoms with van der Waals surface area (Å²) in [6.07, 6.45) is 4.44. The normalized spacial score (nSPS) is 17.1. The molecule has 11 nitrogen and oxygen atoms in total. The van der Waals surface area contributed by atoms with Crippen molar-refractivity contribution in [1.82, 2.24) is 35.6 Å². The Morgan fingerprint density at radius 1 is 0.808 bits per heavy atom. The van der Waals surface area contributed by atoms with E-state index in [0.717, 1.165) is 46.2 Å². The molecular formula is C39H39Cl2N7O4. The molecule has 0 spiro atoms. The second kappa shape index (κ2) is 15.4. The largest absolute Gasteiger partial charge is 0.481 e. The molecule has 5 aromatic rings. The highest BCUT2D eigenvalue weighted by Gasteiger charge is 2.22. The van der Waals surface area contributed by atoms with Crippen molar-refractivity contribution in [2.45, 2.75) is 57.8 Å². The van der Waals surface area contributed by atoms with Gasteiger partial charge < -0.3 is 26.0 Å². The first kappa shape index (κ1) is 35.6. The van der Waals surface area contributed by atoms with Crippen LogP contribution >= 0.6 is 23.2 Å². The summed E-state index contributed by atoms with van der Waals surface area (Å²) in [5, 5.41) is 13.7. The molecule has 268 valence electrons. The Morgan fingerprint density at radius 2 is 1.42 bits per heavy atom. The van der Waals surface area contributed by atoms with E-state index in [1.807, 2.05) is 60.7 Å². The molecule has 2 amide bonds. The number of methoxy groups -OCH3 is 1. The summed E-state index contributed by atoms with van der Waals surface area (Å²) in [5.41, 5.74) is 6.92. The van der Waals surface area contributed by atoms with E-state index in [1.54, 1.807) is 20.2 Å². The van der Waals surface area contributed by atoms with Crippen LogP contribution in [-0.2, 0) is 22.7 Å². The predicted molar refractivity (Wildman–Crippen MR) is 203 cm³/mol. The Balaban J connectivity index is 1.13. The van der Waals surface area contributed by atoms with Gasteiger partial charge in [-0.3, -0.25) is 18.8 Å². The van der Waals surface area contributed by atoms with Crippen molar-refractivity contribution in [2.75, 3.05) is 20.2 Å². The predicted octanol–water partition coefficient (Wildman–Crippen LogP) is 5.45. The van der Waals surface area contributed by atoms with Crippen LogP contribution in [0.2, 0.25) is 10.0 Å². The van der Waals surface area contributed by atoms with Crippen LogP contribution in [0.25, 0.3) is 39.2 Å². The molecule has 0 unspecified atom stereocenters. The van der Waals surface area contributed by atoms with Crippen LogP contribution in [0.3, 0.4) is 0 Å². The van der Waals surface area contributed by atoms with Gasteiger partial charge >= 0.3 is 0 Å². The van der Waals surface area contributed by atoms with E-state index in [9.17, 15) is 14.4 Å². The highest BCUT2D eigenvalue weighted by atomic mass is 35.5. The van der Waals surface area contributed by atoms with E-state index in [1.165, 1.54) is 4.40 Å². The van der Waals surface area contributed by atoms with Gasteiger partial charge in [-0.2, -0.15) is 0 Å². The van der Waals surface area contributed by atoms with Gasteiger partial charge in [-0.15, -0.1) is 0 Å². The molecule has 7 rings (SSSR count). The van der Waals surface area contributed by atoms with Gasteiger partial charge in [0, 0.05) is 90.7 Å². The number of nitrogens with one attached hydrogen (secondary N) is 4. The van der Waals surface area contributed by atoms with Crippen molar-refractivity contribution in [3.8, 4) is 39.4 Å². The quantitative estimate of drug-likeness (QED) is 0.133. The van der Waals surface area contributed by atoms with Gasteiger partial charge in [0.15, 0.2) is 0 Å². The van der Waals surface area contributed by atoms with Crippen LogP contribution in [0, 0.1) is 6.92 Å². The Kier molecular flexibility index (Phi) is 10.6. The Bertz CT molecular complexity index is 2240. The molecular weight excluding hydrogens is 701 g/mol. The number of carbonyl (C=O) groups excluding carboxylic acids is 2. The fraction of sp³-hybridized carbons (Fsp3) is 0.308. The highest BCUT2D eigenvalue weighted by Crippen LogP contribution is 2.42. The minimum absolute atomic E-state index is 0.0661. The van der Waals surface area contributed by atoms with E-state index in [-0.39, 0.29) is 29.5 Å². The maximum atomic E-state index is 13.3. The number of halogens is 2. The fourth-order valence-corrected chi connectivity index (χ4v) is 7.51. The van der Waals surface area contributed by atoms with Crippen LogP contribution in [0.5, 0.6) is 5.88 Å². The van der Waals surface area contributed by atoms with Gasteiger partial charge in [0.2, 0.25) is 17.7 Å². The average molecular weight is 741 g/mol. The molecule has 2 aliphatic heterocycles. The smallest absolute Gasteiger partial charge is 0.261 e. The lowest BCUT2D eigenvalue weighted by Crippen LogP contribution is -2.36. The van der Waals surface area contributed by atoms with E-state index < -0.39 is 0 Å². The van der Waals surface area contributed by atoms with Crippen LogP contribution in [0.4, 0.5) is 0 Å². The lowest BCUT2D eigenvalue weighted by atomic mass is 9.97. The zero-order valence-electron chi connectivity index (χ0n) is 28.9. The third-order valence-electron chi connectivity index (χ3n) is 9.72. The van der Waals surface area contributed by atoms with Crippen molar-refractivity contribution in [3.05, 3.63) is 104 Å². The molecule has 2 saturated heterocycles. The fourth-order valence-electron chi connectivity index (χ4n) is 6.85. The van der Waals surface area contributed by atoms with Crippen molar-refractivity contribution >= 4 is 40.7 Å². The lowest BCUT2D eigenvalue weighted by Gasteiger charge is -2.16. The molecule has 0 saturated carbocycles. The Hall–Kier alpha value is -4.81. The summed E-state index contributed by atoms with van der Waals surface area (Å²) in [4.78, 5) is 46.0. The number of hydrogen-bond donors (Lipinski definition) is 4. The Labute approximate surface area is 311 Å². The summed E-state index contributed by atoms with van der Waals surface area (Å²) in [7, 11) is 1.59. The third kappa shape index (κ3) is 7.40. The first-order valence-corrected chi connectivity index (χ1v) is 18.1. The number of aromatic nitrogens is 3. The summed E-state index contributed by atoms with van der Waals surface area (Å²) < 4.78 is 7.19. The molecule has 0 radical (unpaired) electrons. The molecule has 0 aliphatic carbocycles. The minimum atomic E-state index is -0.139. The number of rotatable bonds is 12. The average Bonchev–Trinajstić information content (AvgIpc) is 3.77. The molecule has 2 aliphatic rings. The van der Waals surface area contributed by atoms with Crippen molar-refractivity contribution in [2.24, 2.45) is 0 Å². The molecule has 2 atom stereocenters. The van der Waals surface area contributed by atoms with Crippen LogP contribution in [0.1, 0.15) is 42.5 Å². The maximum absolute atomic E-state index is 13.3. The van der Waals surface area contributed by atoms with Crippen molar-refractivity contribution < 1.29 is 14.3 Å². The summed E-state index contributed by atoms with van der Waals surface area (Å²) in [6, 6.07) is 19.4. The van der Waals surface area contributed by atoms with Gasteiger partial charge in [-0.25, -0.2) is 9.97 Å². The SMILES string of the molecule is COc1nc(-c2cccc(-c3cccc(-c4ccn5c(=O)c(C)c(CNC[C@@H]6CCC(=O)N6)nc5c4)c3Cl)c2Cl)ccc1CNC[C@@H]1CCC(=O)N1. The van der Waals surface area contributed by atoms with Crippen molar-refractivity contribution in [1.29, 1.82) is 0 Å². The topological polar surface area (TPSA) is 139 Å². The zero-order valence-corrected chi connectivity index (χ0v) is 30.4. The first-order chi connectivity index (χ1) is 25.2. The van der Waals surface area contributed by atoms with E-state index in [0.29, 0.717) is 77.5 Å². The van der Waals surface area contributed by atoms with Crippen LogP contribution < -0.4 is 31.6 Å². The number of amides is 2. The van der Waals surface area contributed by atoms with E-state index in [4.69, 9.17) is 37.9 Å². The Morgan fingerprint density at radius 3 is 2.06 bits per heavy atom. The summed E-state index contributed by atoms with van der Waals surface area (Å²) in [5.74, 6) is 0.646. The molecule has 5 heterocycles. The molecule has 0 bridgehead atoms. The molecule has 2 fully saturated rings. The standard InChI is InChI=1S/C39H39Cl2N7O4/c1-22-32(21-43-20-26-11-14-35(50)45-26)46-33-17-23(15-16-48(33)39(22)51)27-5-3-6-28(36(27)40)29-7-4-8-30(37(29)41)31-12-9-24(38(47-31)52-2)18-42-19-25-10-13-34(49)44-25/h3-9,12,15-17,25-26,42-43H,10-11,13-14,18-21H2,1-2H3,(H,44,49)(H,45,50)/t25-,26-/m0/s1. The number of nitrogens with zero attached hydrogens (tertiary/aromatic N) is 3. The zero-order chi connectivity index (χ0) is 36.4. The highest BCUT2D eigenvalue weighted by molar-refractivity contribution is 6.39. The molecule has 4 N–H and O–H groups in total. The van der Waals surface area contributed by atoms with Gasteiger partial charge in [0.05, 0.1) is 28.5 Å². The van der Waals surface area contributed by atoms with Gasteiger partial charge in [0.1, 0.15) is 5.65 Å². The number of pyridine rings is 2. The monoisotopic (exact) mass is 739 g/mol. The van der Waals surface area contributed by atoms with Crippen LogP contribution in [-0.4, -0.2) is 58.5 Å². The number of ether oxygens (including phenoxy) is 1. The van der Waals surface area contributed by atoms with E-state index in [2.05, 4.69) is 21.3 Å². The number of benzene rings is 2. The maximum Gasteiger partial charge on any atom is 0.261 e. The number of carbonyl (C=O) groups is 2.